The summed E-state index contributed by atoms with van der Waals surface area (Å²) in [5.74, 6) is -0.412. The molecule has 0 fully saturated rings. The monoisotopic (exact) mass is 226 g/mol. The van der Waals surface area contributed by atoms with Gasteiger partial charge in [0, 0.05) is 32.3 Å². The van der Waals surface area contributed by atoms with Gasteiger partial charge < -0.3 is 10.4 Å². The molecule has 0 aliphatic rings. The van der Waals surface area contributed by atoms with Gasteiger partial charge in [0.1, 0.15) is 0 Å². The second-order valence-electron chi connectivity index (χ2n) is 3.25. The Morgan fingerprint density at radius 1 is 1.56 bits per heavy atom. The molecule has 0 aliphatic carbocycles. The van der Waals surface area contributed by atoms with E-state index in [0.29, 0.717) is 18.8 Å². The number of hydrogen-bond acceptors (Lipinski definition) is 3. The van der Waals surface area contributed by atoms with E-state index >= 15 is 0 Å². The number of urea groups is 1. The van der Waals surface area contributed by atoms with Crippen LogP contribution in [0.5, 0.6) is 0 Å². The molecule has 1 rings (SSSR count). The first-order chi connectivity index (χ1) is 7.58. The number of carbonyl (C=O) groups is 2. The van der Waals surface area contributed by atoms with Crippen LogP contribution >= 0.6 is 0 Å². The van der Waals surface area contributed by atoms with Crippen molar-refractivity contribution in [3.05, 3.63) is 12.3 Å². The SMILES string of the molecule is Cn1ccc(NC(=O)NCCCC(=O)O)n1. The topological polar surface area (TPSA) is 96.2 Å². The van der Waals surface area contributed by atoms with Crippen LogP contribution in [-0.2, 0) is 11.8 Å². The highest BCUT2D eigenvalue weighted by atomic mass is 16.4. The molecule has 0 unspecified atom stereocenters. The number of hydrogen-bond donors (Lipinski definition) is 3. The van der Waals surface area contributed by atoms with E-state index in [-0.39, 0.29) is 12.5 Å². The van der Waals surface area contributed by atoms with Crippen LogP contribution in [0.15, 0.2) is 12.3 Å². The Hall–Kier alpha value is -2.05. The van der Waals surface area contributed by atoms with Crippen LogP contribution in [0.25, 0.3) is 0 Å². The van der Waals surface area contributed by atoms with Gasteiger partial charge >= 0.3 is 12.0 Å². The molecule has 0 aliphatic heterocycles. The Labute approximate surface area is 92.4 Å². The number of anilines is 1. The van der Waals surface area contributed by atoms with E-state index in [1.807, 2.05) is 0 Å². The molecule has 0 bridgehead atoms. The van der Waals surface area contributed by atoms with Crippen molar-refractivity contribution in [2.45, 2.75) is 12.8 Å². The zero-order chi connectivity index (χ0) is 12.0. The predicted molar refractivity (Wildman–Crippen MR) is 57.1 cm³/mol. The Kier molecular flexibility index (Phi) is 4.31. The molecule has 16 heavy (non-hydrogen) atoms. The third-order valence-corrected chi connectivity index (χ3v) is 1.81. The van der Waals surface area contributed by atoms with Crippen LogP contribution in [0.3, 0.4) is 0 Å². The van der Waals surface area contributed by atoms with E-state index in [1.165, 1.54) is 0 Å². The van der Waals surface area contributed by atoms with Crippen molar-refractivity contribution in [2.24, 2.45) is 7.05 Å². The summed E-state index contributed by atoms with van der Waals surface area (Å²) in [5, 5.41) is 17.4. The summed E-state index contributed by atoms with van der Waals surface area (Å²) in [7, 11) is 1.75. The highest BCUT2D eigenvalue weighted by Gasteiger charge is 2.03. The second-order valence-corrected chi connectivity index (χ2v) is 3.25. The summed E-state index contributed by atoms with van der Waals surface area (Å²) in [6, 6.07) is 1.28. The molecule has 3 N–H and O–H groups in total. The van der Waals surface area contributed by atoms with Gasteiger partial charge in [-0.15, -0.1) is 0 Å². The molecular formula is C9H14N4O3. The third-order valence-electron chi connectivity index (χ3n) is 1.81. The standard InChI is InChI=1S/C9H14N4O3/c1-13-6-4-7(12-13)11-9(16)10-5-2-3-8(14)15/h4,6H,2-3,5H2,1H3,(H,14,15)(H2,10,11,12,16). The predicted octanol–water partition coefficient (Wildman–Crippen LogP) is 0.406. The quantitative estimate of drug-likeness (QED) is 0.633. The summed E-state index contributed by atoms with van der Waals surface area (Å²) in [5.41, 5.74) is 0. The van der Waals surface area contributed by atoms with Crippen molar-refractivity contribution in [1.29, 1.82) is 0 Å². The highest BCUT2D eigenvalue weighted by Crippen LogP contribution is 1.99. The minimum Gasteiger partial charge on any atom is -0.481 e. The Balaban J connectivity index is 2.18. The number of aliphatic carboxylic acids is 1. The number of carboxylic acid groups (broad SMARTS) is 1. The largest absolute Gasteiger partial charge is 0.481 e. The summed E-state index contributed by atoms with van der Waals surface area (Å²) < 4.78 is 1.57. The number of aromatic nitrogens is 2. The zero-order valence-corrected chi connectivity index (χ0v) is 8.93. The highest BCUT2D eigenvalue weighted by molar-refractivity contribution is 5.88. The van der Waals surface area contributed by atoms with Gasteiger partial charge in [-0.2, -0.15) is 5.10 Å². The molecule has 1 aromatic rings. The van der Waals surface area contributed by atoms with E-state index in [9.17, 15) is 9.59 Å². The maximum atomic E-state index is 11.2. The molecule has 1 heterocycles. The number of rotatable bonds is 5. The zero-order valence-electron chi connectivity index (χ0n) is 8.93. The molecule has 88 valence electrons. The van der Waals surface area contributed by atoms with Crippen molar-refractivity contribution in [1.82, 2.24) is 15.1 Å². The van der Waals surface area contributed by atoms with E-state index in [0.717, 1.165) is 0 Å². The van der Waals surface area contributed by atoms with Crippen molar-refractivity contribution < 1.29 is 14.7 Å². The lowest BCUT2D eigenvalue weighted by molar-refractivity contribution is -0.137. The molecule has 0 spiro atoms. The average molecular weight is 226 g/mol. The van der Waals surface area contributed by atoms with Crippen molar-refractivity contribution in [2.75, 3.05) is 11.9 Å². The minimum absolute atomic E-state index is 0.0455. The van der Waals surface area contributed by atoms with Gasteiger partial charge in [0.05, 0.1) is 0 Å². The fourth-order valence-corrected chi connectivity index (χ4v) is 1.08. The molecule has 2 amide bonds. The molecule has 0 saturated heterocycles. The lowest BCUT2D eigenvalue weighted by Gasteiger charge is -2.03. The van der Waals surface area contributed by atoms with E-state index in [1.54, 1.807) is 24.0 Å². The van der Waals surface area contributed by atoms with Crippen molar-refractivity contribution >= 4 is 17.8 Å². The third kappa shape index (κ3) is 4.45. The summed E-state index contributed by atoms with van der Waals surface area (Å²) in [6.45, 7) is 0.324. The Morgan fingerprint density at radius 2 is 2.31 bits per heavy atom. The molecule has 1 aromatic heterocycles. The van der Waals surface area contributed by atoms with Gasteiger partial charge in [0.2, 0.25) is 0 Å². The van der Waals surface area contributed by atoms with Crippen LogP contribution in [0.4, 0.5) is 10.6 Å². The first-order valence-electron chi connectivity index (χ1n) is 4.84. The van der Waals surface area contributed by atoms with Crippen LogP contribution in [0.2, 0.25) is 0 Å². The lowest BCUT2D eigenvalue weighted by Crippen LogP contribution is -2.30. The molecule has 7 nitrogen and oxygen atoms in total. The Morgan fingerprint density at radius 3 is 2.88 bits per heavy atom. The van der Waals surface area contributed by atoms with Gasteiger partial charge in [-0.25, -0.2) is 4.79 Å². The minimum atomic E-state index is -0.869. The van der Waals surface area contributed by atoms with Gasteiger partial charge in [0.15, 0.2) is 5.82 Å². The van der Waals surface area contributed by atoms with Crippen LogP contribution in [-0.4, -0.2) is 33.4 Å². The number of amides is 2. The molecule has 0 atom stereocenters. The number of carboxylic acids is 1. The molecule has 7 heteroatoms. The summed E-state index contributed by atoms with van der Waals surface area (Å²) in [4.78, 5) is 21.4. The van der Waals surface area contributed by atoms with Gasteiger partial charge in [-0.3, -0.25) is 14.8 Å². The summed E-state index contributed by atoms with van der Waals surface area (Å²) in [6.07, 6.45) is 2.16. The lowest BCUT2D eigenvalue weighted by atomic mass is 10.3. The molecule has 0 radical (unpaired) electrons. The van der Waals surface area contributed by atoms with E-state index in [4.69, 9.17) is 5.11 Å². The van der Waals surface area contributed by atoms with Gasteiger partial charge in [-0.05, 0) is 6.42 Å². The van der Waals surface area contributed by atoms with Crippen molar-refractivity contribution in [3.63, 3.8) is 0 Å². The molecule has 0 saturated carbocycles. The maximum Gasteiger partial charge on any atom is 0.320 e. The van der Waals surface area contributed by atoms with Gasteiger partial charge in [0.25, 0.3) is 0 Å². The number of carbonyl (C=O) groups excluding carboxylic acids is 1. The normalized spacial score (nSPS) is 9.81. The van der Waals surface area contributed by atoms with Gasteiger partial charge in [-0.1, -0.05) is 0 Å². The van der Waals surface area contributed by atoms with Crippen LogP contribution in [0, 0.1) is 0 Å². The molecular weight excluding hydrogens is 212 g/mol. The second kappa shape index (κ2) is 5.74. The van der Waals surface area contributed by atoms with Crippen LogP contribution in [0.1, 0.15) is 12.8 Å². The smallest absolute Gasteiger partial charge is 0.320 e. The molecule has 0 aromatic carbocycles. The summed E-state index contributed by atoms with van der Waals surface area (Å²) >= 11 is 0. The van der Waals surface area contributed by atoms with Crippen molar-refractivity contribution in [3.8, 4) is 0 Å². The fourth-order valence-electron chi connectivity index (χ4n) is 1.08. The Bertz CT molecular complexity index is 375. The first kappa shape index (κ1) is 12.0. The maximum absolute atomic E-state index is 11.2. The number of aryl methyl sites for hydroxylation is 1. The van der Waals surface area contributed by atoms with E-state index < -0.39 is 5.97 Å². The fraction of sp³-hybridized carbons (Fsp3) is 0.444. The number of nitrogens with one attached hydrogen (secondary N) is 2. The average Bonchev–Trinajstić information content (AvgIpc) is 2.58. The first-order valence-corrected chi connectivity index (χ1v) is 4.84. The van der Waals surface area contributed by atoms with E-state index in [2.05, 4.69) is 15.7 Å². The number of nitrogens with zero attached hydrogens (tertiary/aromatic N) is 2. The van der Waals surface area contributed by atoms with Crippen LogP contribution < -0.4 is 10.6 Å².